The molecule has 0 atom stereocenters. The minimum Gasteiger partial charge on any atom is -0.279 e. The van der Waals surface area contributed by atoms with E-state index in [0.717, 1.165) is 18.2 Å². The Morgan fingerprint density at radius 2 is 1.80 bits per heavy atom. The largest absolute Gasteiger partial charge is 0.279 e. The van der Waals surface area contributed by atoms with Crippen molar-refractivity contribution >= 4 is 31.6 Å². The quantitative estimate of drug-likeness (QED) is 0.902. The number of anilines is 1. The Morgan fingerprint density at radius 3 is 2.45 bits per heavy atom. The average Bonchev–Trinajstić information content (AvgIpc) is 2.33. The maximum absolute atomic E-state index is 13.7. The molecule has 2 rings (SSSR count). The van der Waals surface area contributed by atoms with E-state index in [9.17, 15) is 17.2 Å². The summed E-state index contributed by atoms with van der Waals surface area (Å²) in [6.45, 7) is 1.62. The molecule has 2 aromatic carbocycles. The second-order valence-corrected chi connectivity index (χ2v) is 6.71. The first-order valence-corrected chi connectivity index (χ1v) is 7.81. The highest BCUT2D eigenvalue weighted by atomic mass is 79.9. The lowest BCUT2D eigenvalue weighted by Crippen LogP contribution is -2.15. The number of hydrogen-bond acceptors (Lipinski definition) is 2. The van der Waals surface area contributed by atoms with Crippen molar-refractivity contribution in [2.24, 2.45) is 0 Å². The Morgan fingerprint density at radius 1 is 1.10 bits per heavy atom. The van der Waals surface area contributed by atoms with Crippen LogP contribution in [0.3, 0.4) is 0 Å². The van der Waals surface area contributed by atoms with E-state index in [1.165, 1.54) is 18.2 Å². The van der Waals surface area contributed by atoms with Crippen LogP contribution in [0.25, 0.3) is 0 Å². The molecule has 0 heterocycles. The van der Waals surface area contributed by atoms with E-state index >= 15 is 0 Å². The molecule has 7 heteroatoms. The van der Waals surface area contributed by atoms with Crippen molar-refractivity contribution in [1.82, 2.24) is 0 Å². The van der Waals surface area contributed by atoms with E-state index in [2.05, 4.69) is 20.7 Å². The number of halogens is 3. The molecule has 106 valence electrons. The van der Waals surface area contributed by atoms with Crippen LogP contribution in [-0.4, -0.2) is 8.42 Å². The van der Waals surface area contributed by atoms with Gasteiger partial charge in [0.05, 0.1) is 5.69 Å². The number of rotatable bonds is 3. The number of hydrogen-bond donors (Lipinski definition) is 1. The smallest absolute Gasteiger partial charge is 0.264 e. The van der Waals surface area contributed by atoms with Gasteiger partial charge in [-0.05, 0) is 42.8 Å². The summed E-state index contributed by atoms with van der Waals surface area (Å²) in [6, 6.07) is 7.29. The molecule has 0 spiro atoms. The van der Waals surface area contributed by atoms with Gasteiger partial charge >= 0.3 is 0 Å². The number of benzene rings is 2. The first-order chi connectivity index (χ1) is 9.29. The van der Waals surface area contributed by atoms with Crippen molar-refractivity contribution in [3.05, 3.63) is 58.1 Å². The maximum atomic E-state index is 13.7. The van der Waals surface area contributed by atoms with Crippen LogP contribution in [0.1, 0.15) is 5.56 Å². The fourth-order valence-electron chi connectivity index (χ4n) is 1.60. The SMILES string of the molecule is Cc1ccc(F)cc1NS(=O)(=O)c1ccc(Br)cc1F. The highest BCUT2D eigenvalue weighted by Crippen LogP contribution is 2.24. The summed E-state index contributed by atoms with van der Waals surface area (Å²) in [4.78, 5) is -0.496. The summed E-state index contributed by atoms with van der Waals surface area (Å²) in [5, 5.41) is 0. The molecule has 0 fully saturated rings. The van der Waals surface area contributed by atoms with Crippen molar-refractivity contribution in [3.8, 4) is 0 Å². The molecule has 0 bridgehead atoms. The van der Waals surface area contributed by atoms with Crippen molar-refractivity contribution in [1.29, 1.82) is 0 Å². The van der Waals surface area contributed by atoms with Crippen molar-refractivity contribution in [2.75, 3.05) is 4.72 Å². The molecule has 0 aliphatic rings. The van der Waals surface area contributed by atoms with Crippen molar-refractivity contribution in [2.45, 2.75) is 11.8 Å². The minimum atomic E-state index is -4.11. The van der Waals surface area contributed by atoms with E-state index < -0.39 is 26.6 Å². The molecule has 0 saturated carbocycles. The van der Waals surface area contributed by atoms with Gasteiger partial charge in [0.1, 0.15) is 16.5 Å². The molecule has 0 aromatic heterocycles. The summed E-state index contributed by atoms with van der Waals surface area (Å²) in [6.07, 6.45) is 0. The van der Waals surface area contributed by atoms with Gasteiger partial charge in [-0.2, -0.15) is 0 Å². The average molecular weight is 362 g/mol. The fraction of sp³-hybridized carbons (Fsp3) is 0.0769. The van der Waals surface area contributed by atoms with Gasteiger partial charge in [-0.15, -0.1) is 0 Å². The molecule has 0 amide bonds. The molecule has 20 heavy (non-hydrogen) atoms. The molecule has 0 aliphatic heterocycles. The molecule has 0 aliphatic carbocycles. The third-order valence-corrected chi connectivity index (χ3v) is 4.52. The molecular formula is C13H10BrF2NO2S. The zero-order valence-electron chi connectivity index (χ0n) is 10.3. The zero-order valence-corrected chi connectivity index (χ0v) is 12.7. The van der Waals surface area contributed by atoms with Crippen LogP contribution in [0.15, 0.2) is 45.8 Å². The van der Waals surface area contributed by atoms with Gasteiger partial charge in [0.2, 0.25) is 0 Å². The van der Waals surface area contributed by atoms with Gasteiger partial charge in [-0.3, -0.25) is 4.72 Å². The predicted molar refractivity (Wildman–Crippen MR) is 76.0 cm³/mol. The molecular weight excluding hydrogens is 352 g/mol. The summed E-state index contributed by atoms with van der Waals surface area (Å²) >= 11 is 3.05. The van der Waals surface area contributed by atoms with Crippen LogP contribution in [0.4, 0.5) is 14.5 Å². The van der Waals surface area contributed by atoms with Gasteiger partial charge in [0, 0.05) is 4.47 Å². The Hall–Kier alpha value is -1.47. The Bertz CT molecular complexity index is 763. The van der Waals surface area contributed by atoms with Gasteiger partial charge in [0.15, 0.2) is 0 Å². The minimum absolute atomic E-state index is 0.0762. The van der Waals surface area contributed by atoms with Crippen molar-refractivity contribution in [3.63, 3.8) is 0 Å². The first-order valence-electron chi connectivity index (χ1n) is 5.53. The van der Waals surface area contributed by atoms with Crippen LogP contribution in [-0.2, 0) is 10.0 Å². The number of aryl methyl sites for hydroxylation is 1. The normalized spacial score (nSPS) is 11.4. The third kappa shape index (κ3) is 3.16. The lowest BCUT2D eigenvalue weighted by atomic mass is 10.2. The molecule has 3 nitrogen and oxygen atoms in total. The maximum Gasteiger partial charge on any atom is 0.264 e. The Labute approximate surface area is 123 Å². The van der Waals surface area contributed by atoms with Gasteiger partial charge < -0.3 is 0 Å². The van der Waals surface area contributed by atoms with Crippen LogP contribution in [0.2, 0.25) is 0 Å². The van der Waals surface area contributed by atoms with Gasteiger partial charge in [-0.1, -0.05) is 22.0 Å². The van der Waals surface area contributed by atoms with E-state index in [-0.39, 0.29) is 5.69 Å². The summed E-state index contributed by atoms with van der Waals surface area (Å²) in [7, 11) is -4.11. The third-order valence-electron chi connectivity index (χ3n) is 2.63. The Balaban J connectivity index is 2.43. The topological polar surface area (TPSA) is 46.2 Å². The van der Waals surface area contributed by atoms with E-state index in [0.29, 0.717) is 10.0 Å². The second kappa shape index (κ2) is 5.49. The van der Waals surface area contributed by atoms with Gasteiger partial charge in [0.25, 0.3) is 10.0 Å². The zero-order chi connectivity index (χ0) is 14.9. The molecule has 0 unspecified atom stereocenters. The second-order valence-electron chi connectivity index (χ2n) is 4.14. The van der Waals surface area contributed by atoms with Gasteiger partial charge in [-0.25, -0.2) is 17.2 Å². The van der Waals surface area contributed by atoms with E-state index in [1.54, 1.807) is 6.92 Å². The van der Waals surface area contributed by atoms with Crippen LogP contribution in [0, 0.1) is 18.6 Å². The molecule has 1 N–H and O–H groups in total. The highest BCUT2D eigenvalue weighted by molar-refractivity contribution is 9.10. The molecule has 0 radical (unpaired) electrons. The summed E-state index contributed by atoms with van der Waals surface area (Å²) < 4.78 is 53.7. The fourth-order valence-corrected chi connectivity index (χ4v) is 3.11. The van der Waals surface area contributed by atoms with E-state index in [1.807, 2.05) is 0 Å². The Kier molecular flexibility index (Phi) is 4.10. The summed E-state index contributed by atoms with van der Waals surface area (Å²) in [5.41, 5.74) is 0.611. The number of sulfonamides is 1. The van der Waals surface area contributed by atoms with E-state index in [4.69, 9.17) is 0 Å². The number of nitrogens with one attached hydrogen (secondary N) is 1. The predicted octanol–water partition coefficient (Wildman–Crippen LogP) is 3.84. The van der Waals surface area contributed by atoms with Crippen LogP contribution >= 0.6 is 15.9 Å². The monoisotopic (exact) mass is 361 g/mol. The first kappa shape index (κ1) is 14.9. The lowest BCUT2D eigenvalue weighted by Gasteiger charge is -2.11. The van der Waals surface area contributed by atoms with Crippen LogP contribution < -0.4 is 4.72 Å². The standard InChI is InChI=1S/C13H10BrF2NO2S/c1-8-2-4-10(15)7-12(8)17-20(18,19)13-5-3-9(14)6-11(13)16/h2-7,17H,1H3. The van der Waals surface area contributed by atoms with Crippen molar-refractivity contribution < 1.29 is 17.2 Å². The highest BCUT2D eigenvalue weighted by Gasteiger charge is 2.20. The van der Waals surface area contributed by atoms with Crippen LogP contribution in [0.5, 0.6) is 0 Å². The molecule has 2 aromatic rings. The lowest BCUT2D eigenvalue weighted by molar-refractivity contribution is 0.569. The molecule has 0 saturated heterocycles. The summed E-state index contributed by atoms with van der Waals surface area (Å²) in [5.74, 6) is -1.47.